The number of rotatable bonds is 10. The maximum atomic E-state index is 15.4. The van der Waals surface area contributed by atoms with E-state index in [9.17, 15) is 13.0 Å². The van der Waals surface area contributed by atoms with E-state index >= 15 is 35.1 Å². The fraction of sp³-hybridized carbons (Fsp3) is 0.0500. The minimum atomic E-state index is -5.58. The monoisotopic (exact) mass is 836 g/mol. The van der Waals surface area contributed by atoms with Gasteiger partial charge < -0.3 is 23.5 Å². The van der Waals surface area contributed by atoms with E-state index in [2.05, 4.69) is 5.92 Å². The maximum Gasteiger partial charge on any atom is 1.00 e. The summed E-state index contributed by atoms with van der Waals surface area (Å²) in [6, 6.07) is 18.7. The average Bonchev–Trinajstić information content (AvgIpc) is 3.18. The SMILES string of the molecule is C#Cc1ccc(C)cc1Oc1ccc(Oc2c(F)c(F)c(-c3c(F)c(F)c(Oc4ccc(-c5ccc(OC)cc5)cc4)c(F)c3F)c(F)c2F)c(S(=O)(=O)[O-])c1.[K+]. The minimum absolute atomic E-state index is 0. The van der Waals surface area contributed by atoms with E-state index in [-0.39, 0.29) is 74.2 Å². The Kier molecular flexibility index (Phi) is 13.1. The molecule has 7 nitrogen and oxygen atoms in total. The molecule has 0 aliphatic heterocycles. The first-order chi connectivity index (χ1) is 26.5. The number of halogens is 8. The Labute approximate surface area is 362 Å². The molecule has 6 aromatic rings. The van der Waals surface area contributed by atoms with Crippen molar-refractivity contribution in [2.75, 3.05) is 7.11 Å². The molecule has 6 aromatic carbocycles. The molecule has 0 N–H and O–H groups in total. The summed E-state index contributed by atoms with van der Waals surface area (Å²) in [5, 5.41) is 0. The Hall–Kier alpha value is -4.93. The van der Waals surface area contributed by atoms with Crippen molar-refractivity contribution in [1.82, 2.24) is 0 Å². The summed E-state index contributed by atoms with van der Waals surface area (Å²) in [7, 11) is -4.11. The molecule has 0 saturated heterocycles. The van der Waals surface area contributed by atoms with Crippen LogP contribution in [-0.2, 0) is 10.1 Å². The number of hydrogen-bond donors (Lipinski definition) is 0. The van der Waals surface area contributed by atoms with Crippen molar-refractivity contribution in [3.63, 3.8) is 0 Å². The minimum Gasteiger partial charge on any atom is -0.744 e. The number of methoxy groups -OCH3 is 1. The summed E-state index contributed by atoms with van der Waals surface area (Å²) in [6.45, 7) is 1.68. The van der Waals surface area contributed by atoms with Gasteiger partial charge in [0.2, 0.25) is 34.8 Å². The summed E-state index contributed by atoms with van der Waals surface area (Å²) in [6.07, 6.45) is 5.44. The summed E-state index contributed by atoms with van der Waals surface area (Å²) >= 11 is 0. The summed E-state index contributed by atoms with van der Waals surface area (Å²) < 4.78 is 180. The first kappa shape index (κ1) is 43.2. The first-order valence-electron chi connectivity index (χ1n) is 15.7. The Morgan fingerprint density at radius 3 is 1.47 bits per heavy atom. The standard InChI is InChI=1S/C40H22F8O7S.K/c1-4-20-6-5-19(2)17-27(20)53-25-15-16-26(28(18-25)56(49,50)51)55-40-37(47)33(43)30(34(44)38(40)48)29-31(41)35(45)39(36(46)32(29)42)54-24-13-9-22(10-14-24)21-7-11-23(52-3)12-8-21;/h1,5-18H,2-3H3,(H,49,50,51);/q;+1/p-1. The number of aryl methyl sites for hydroxylation is 1. The van der Waals surface area contributed by atoms with Gasteiger partial charge in [0.1, 0.15) is 43.8 Å². The summed E-state index contributed by atoms with van der Waals surface area (Å²) in [5.74, 6) is -22.6. The van der Waals surface area contributed by atoms with Crippen LogP contribution < -0.4 is 70.3 Å². The molecule has 0 atom stereocenters. The van der Waals surface area contributed by atoms with Crippen LogP contribution in [0.5, 0.6) is 40.2 Å². The van der Waals surface area contributed by atoms with Crippen LogP contribution in [0.3, 0.4) is 0 Å². The van der Waals surface area contributed by atoms with Crippen LogP contribution >= 0.6 is 0 Å². The number of ether oxygens (including phenoxy) is 4. The third-order valence-corrected chi connectivity index (χ3v) is 8.97. The normalized spacial score (nSPS) is 11.1. The molecular weight excluding hydrogens is 816 g/mol. The van der Waals surface area contributed by atoms with Gasteiger partial charge in [0, 0.05) is 6.07 Å². The first-order valence-corrected chi connectivity index (χ1v) is 17.1. The van der Waals surface area contributed by atoms with Gasteiger partial charge in [0.05, 0.1) is 23.8 Å². The van der Waals surface area contributed by atoms with Crippen molar-refractivity contribution in [2.24, 2.45) is 0 Å². The Morgan fingerprint density at radius 1 is 0.561 bits per heavy atom. The Balaban J connectivity index is 0.00000620. The average molecular weight is 837 g/mol. The van der Waals surface area contributed by atoms with Gasteiger partial charge >= 0.3 is 51.4 Å². The Bertz CT molecular complexity index is 2630. The van der Waals surface area contributed by atoms with E-state index in [1.165, 1.54) is 43.5 Å². The van der Waals surface area contributed by atoms with Crippen LogP contribution in [0.15, 0.2) is 89.8 Å². The third-order valence-electron chi connectivity index (χ3n) is 8.11. The molecule has 0 fully saturated rings. The molecule has 0 aliphatic carbocycles. The number of hydrogen-bond acceptors (Lipinski definition) is 7. The van der Waals surface area contributed by atoms with Gasteiger partial charge in [-0.2, -0.15) is 17.6 Å². The molecule has 0 aromatic heterocycles. The predicted octanol–water partition coefficient (Wildman–Crippen LogP) is 7.72. The third kappa shape index (κ3) is 8.67. The molecule has 6 rings (SSSR count). The summed E-state index contributed by atoms with van der Waals surface area (Å²) in [4.78, 5) is -1.33. The topological polar surface area (TPSA) is 94.1 Å². The van der Waals surface area contributed by atoms with Crippen molar-refractivity contribution < 1.29 is 118 Å². The van der Waals surface area contributed by atoms with Crippen molar-refractivity contribution in [1.29, 1.82) is 0 Å². The van der Waals surface area contributed by atoms with E-state index < -0.39 is 89.9 Å². The molecule has 0 radical (unpaired) electrons. The zero-order valence-corrected chi connectivity index (χ0v) is 33.4. The van der Waals surface area contributed by atoms with Gasteiger partial charge in [-0.3, -0.25) is 0 Å². The van der Waals surface area contributed by atoms with E-state index in [1.807, 2.05) is 0 Å². The van der Waals surface area contributed by atoms with Crippen molar-refractivity contribution in [2.45, 2.75) is 11.8 Å². The zero-order chi connectivity index (χ0) is 40.6. The molecular formula is C40H21F8KO7S. The van der Waals surface area contributed by atoms with Crippen LogP contribution in [0, 0.1) is 65.8 Å². The second-order valence-corrected chi connectivity index (χ2v) is 13.0. The van der Waals surface area contributed by atoms with E-state index in [0.717, 1.165) is 6.07 Å². The van der Waals surface area contributed by atoms with E-state index in [0.29, 0.717) is 34.6 Å². The van der Waals surface area contributed by atoms with Crippen molar-refractivity contribution in [3.05, 3.63) is 143 Å². The largest absolute Gasteiger partial charge is 1.00 e. The van der Waals surface area contributed by atoms with E-state index in [1.54, 1.807) is 37.3 Å². The van der Waals surface area contributed by atoms with Gasteiger partial charge in [-0.25, -0.2) is 26.0 Å². The molecule has 57 heavy (non-hydrogen) atoms. The van der Waals surface area contributed by atoms with E-state index in [4.69, 9.17) is 25.4 Å². The van der Waals surface area contributed by atoms with Crippen LogP contribution in [0.2, 0.25) is 0 Å². The predicted molar refractivity (Wildman–Crippen MR) is 184 cm³/mol. The fourth-order valence-electron chi connectivity index (χ4n) is 5.36. The molecule has 0 bridgehead atoms. The fourth-order valence-corrected chi connectivity index (χ4v) is 5.98. The van der Waals surface area contributed by atoms with Gasteiger partial charge in [-0.15, -0.1) is 6.42 Å². The van der Waals surface area contributed by atoms with Crippen LogP contribution in [-0.4, -0.2) is 20.1 Å². The molecule has 0 saturated carbocycles. The molecule has 0 unspecified atom stereocenters. The molecule has 0 amide bonds. The van der Waals surface area contributed by atoms with Gasteiger partial charge in [0.15, 0.2) is 23.3 Å². The van der Waals surface area contributed by atoms with Crippen LogP contribution in [0.1, 0.15) is 11.1 Å². The molecule has 17 heteroatoms. The molecule has 0 aliphatic rings. The molecule has 286 valence electrons. The molecule has 0 heterocycles. The maximum absolute atomic E-state index is 15.4. The van der Waals surface area contributed by atoms with Crippen LogP contribution in [0.4, 0.5) is 35.1 Å². The quantitative estimate of drug-likeness (QED) is 0.0459. The van der Waals surface area contributed by atoms with Crippen molar-refractivity contribution in [3.8, 4) is 74.8 Å². The summed E-state index contributed by atoms with van der Waals surface area (Å²) in [5.41, 5.74) is -2.29. The molecule has 0 spiro atoms. The van der Waals surface area contributed by atoms with Gasteiger partial charge in [0.25, 0.3) is 0 Å². The smallest absolute Gasteiger partial charge is 0.744 e. The number of benzene rings is 6. The second kappa shape index (κ2) is 17.3. The number of terminal acetylenes is 1. The van der Waals surface area contributed by atoms with Gasteiger partial charge in [-0.05, 0) is 72.1 Å². The zero-order valence-electron chi connectivity index (χ0n) is 29.4. The second-order valence-electron chi connectivity index (χ2n) is 11.7. The van der Waals surface area contributed by atoms with Crippen LogP contribution in [0.25, 0.3) is 22.3 Å². The Morgan fingerprint density at radius 2 is 1.02 bits per heavy atom. The van der Waals surface area contributed by atoms with Crippen molar-refractivity contribution >= 4 is 10.1 Å². The van der Waals surface area contributed by atoms with Gasteiger partial charge in [-0.1, -0.05) is 36.3 Å².